The van der Waals surface area contributed by atoms with Crippen molar-refractivity contribution in [1.29, 1.82) is 0 Å². The van der Waals surface area contributed by atoms with Crippen LogP contribution in [0.5, 0.6) is 0 Å². The minimum atomic E-state index is 0.00291. The molecule has 2 aromatic rings. The number of aromatic amines is 1. The third kappa shape index (κ3) is 2.88. The number of hydrogen-bond donors (Lipinski definition) is 2. The average molecular weight is 316 g/mol. The zero-order valence-electron chi connectivity index (χ0n) is 14.3. The molecule has 7 heteroatoms. The number of H-pyrrole nitrogens is 1. The number of aryl methyl sites for hydroxylation is 2. The van der Waals surface area contributed by atoms with Crippen LogP contribution in [0.15, 0.2) is 6.07 Å². The molecule has 0 bridgehead atoms. The van der Waals surface area contributed by atoms with Gasteiger partial charge in [-0.2, -0.15) is 10.2 Å². The maximum Gasteiger partial charge on any atom is 0.271 e. The van der Waals surface area contributed by atoms with E-state index in [0.29, 0.717) is 30.9 Å². The molecule has 2 N–H and O–H groups in total. The quantitative estimate of drug-likeness (QED) is 0.874. The van der Waals surface area contributed by atoms with Gasteiger partial charge in [0.1, 0.15) is 5.69 Å². The highest BCUT2D eigenvalue weighted by Gasteiger charge is 2.27. The fourth-order valence-corrected chi connectivity index (χ4v) is 3.37. The van der Waals surface area contributed by atoms with Gasteiger partial charge in [-0.1, -0.05) is 0 Å². The van der Waals surface area contributed by atoms with Gasteiger partial charge in [-0.15, -0.1) is 0 Å². The fraction of sp³-hybridized carbons (Fsp3) is 0.562. The number of carbonyl (C=O) groups excluding carboxylic acids is 1. The van der Waals surface area contributed by atoms with Crippen LogP contribution in [-0.2, 0) is 7.05 Å². The summed E-state index contributed by atoms with van der Waals surface area (Å²) >= 11 is 0. The Morgan fingerprint density at radius 3 is 2.48 bits per heavy atom. The van der Waals surface area contributed by atoms with Crippen LogP contribution < -0.4 is 5.32 Å². The van der Waals surface area contributed by atoms with Gasteiger partial charge in [0.05, 0.1) is 11.4 Å². The molecule has 1 saturated heterocycles. The zero-order chi connectivity index (χ0) is 16.7. The third-order valence-electron chi connectivity index (χ3n) is 4.42. The first kappa shape index (κ1) is 15.7. The summed E-state index contributed by atoms with van der Waals surface area (Å²) in [5, 5.41) is 15.1. The first-order valence-electron chi connectivity index (χ1n) is 7.98. The lowest BCUT2D eigenvalue weighted by Gasteiger charge is -2.35. The van der Waals surface area contributed by atoms with Gasteiger partial charge in [-0.05, 0) is 33.8 Å². The van der Waals surface area contributed by atoms with Gasteiger partial charge in [0.2, 0.25) is 0 Å². The average Bonchev–Trinajstić information content (AvgIpc) is 3.03. The molecule has 2 aromatic heterocycles. The molecule has 1 aliphatic rings. The number of aromatic nitrogens is 4. The summed E-state index contributed by atoms with van der Waals surface area (Å²) in [6.45, 7) is 9.57. The van der Waals surface area contributed by atoms with Crippen LogP contribution >= 0.6 is 0 Å². The summed E-state index contributed by atoms with van der Waals surface area (Å²) in [5.74, 6) is 0.00291. The SMILES string of the molecule is Cc1nn(C)c(C)c1-c1cc(C(=O)N2C[C@@H](C)N[C@@H](C)C2)[nH]n1. The summed E-state index contributed by atoms with van der Waals surface area (Å²) < 4.78 is 1.83. The highest BCUT2D eigenvalue weighted by molar-refractivity contribution is 5.93. The van der Waals surface area contributed by atoms with Crippen molar-refractivity contribution in [1.82, 2.24) is 30.2 Å². The van der Waals surface area contributed by atoms with Gasteiger partial charge >= 0.3 is 0 Å². The summed E-state index contributed by atoms with van der Waals surface area (Å²) in [4.78, 5) is 14.6. The second-order valence-corrected chi connectivity index (χ2v) is 6.52. The molecular weight excluding hydrogens is 292 g/mol. The van der Waals surface area contributed by atoms with E-state index in [0.717, 1.165) is 22.6 Å². The van der Waals surface area contributed by atoms with Crippen molar-refractivity contribution in [2.24, 2.45) is 7.05 Å². The molecule has 0 radical (unpaired) electrons. The lowest BCUT2D eigenvalue weighted by Crippen LogP contribution is -2.55. The van der Waals surface area contributed by atoms with E-state index in [4.69, 9.17) is 0 Å². The number of nitrogens with zero attached hydrogens (tertiary/aromatic N) is 4. The largest absolute Gasteiger partial charge is 0.334 e. The normalized spacial score (nSPS) is 21.7. The molecule has 1 amide bonds. The number of carbonyl (C=O) groups is 1. The molecule has 2 atom stereocenters. The van der Waals surface area contributed by atoms with E-state index in [1.807, 2.05) is 36.5 Å². The summed E-state index contributed by atoms with van der Waals surface area (Å²) in [7, 11) is 1.91. The van der Waals surface area contributed by atoms with Crippen molar-refractivity contribution in [3.8, 4) is 11.3 Å². The Hall–Kier alpha value is -2.15. The fourth-order valence-electron chi connectivity index (χ4n) is 3.37. The number of nitrogens with one attached hydrogen (secondary N) is 2. The molecule has 0 saturated carbocycles. The van der Waals surface area contributed by atoms with Crippen molar-refractivity contribution in [3.05, 3.63) is 23.1 Å². The smallest absolute Gasteiger partial charge is 0.271 e. The van der Waals surface area contributed by atoms with Crippen LogP contribution in [0.2, 0.25) is 0 Å². The molecule has 3 rings (SSSR count). The van der Waals surface area contributed by atoms with E-state index >= 15 is 0 Å². The highest BCUT2D eigenvalue weighted by atomic mass is 16.2. The molecule has 124 valence electrons. The van der Waals surface area contributed by atoms with Crippen molar-refractivity contribution in [2.45, 2.75) is 39.8 Å². The van der Waals surface area contributed by atoms with Gasteiger partial charge < -0.3 is 10.2 Å². The van der Waals surface area contributed by atoms with Gasteiger partial charge in [0.15, 0.2) is 0 Å². The van der Waals surface area contributed by atoms with Crippen LogP contribution in [0.25, 0.3) is 11.3 Å². The van der Waals surface area contributed by atoms with E-state index in [-0.39, 0.29) is 5.91 Å². The Morgan fingerprint density at radius 2 is 1.91 bits per heavy atom. The minimum absolute atomic E-state index is 0.00291. The number of piperazine rings is 1. The predicted molar refractivity (Wildman–Crippen MR) is 88.2 cm³/mol. The van der Waals surface area contributed by atoms with E-state index < -0.39 is 0 Å². The van der Waals surface area contributed by atoms with Gasteiger partial charge in [-0.3, -0.25) is 14.6 Å². The minimum Gasteiger partial charge on any atom is -0.334 e. The van der Waals surface area contributed by atoms with Gasteiger partial charge in [0.25, 0.3) is 5.91 Å². The molecule has 7 nitrogen and oxygen atoms in total. The van der Waals surface area contributed by atoms with Crippen molar-refractivity contribution in [2.75, 3.05) is 13.1 Å². The second kappa shape index (κ2) is 5.81. The second-order valence-electron chi connectivity index (χ2n) is 6.52. The molecule has 1 aliphatic heterocycles. The first-order chi connectivity index (χ1) is 10.9. The Bertz CT molecular complexity index is 721. The highest BCUT2D eigenvalue weighted by Crippen LogP contribution is 2.25. The molecule has 0 unspecified atom stereocenters. The van der Waals surface area contributed by atoms with Crippen molar-refractivity contribution >= 4 is 5.91 Å². The maximum absolute atomic E-state index is 12.7. The molecular formula is C16H24N6O. The maximum atomic E-state index is 12.7. The van der Waals surface area contributed by atoms with Crippen molar-refractivity contribution < 1.29 is 4.79 Å². The van der Waals surface area contributed by atoms with Gasteiger partial charge in [0, 0.05) is 43.5 Å². The van der Waals surface area contributed by atoms with E-state index in [9.17, 15) is 4.79 Å². The van der Waals surface area contributed by atoms with Gasteiger partial charge in [-0.25, -0.2) is 0 Å². The van der Waals surface area contributed by atoms with Crippen LogP contribution in [0, 0.1) is 13.8 Å². The molecule has 1 fully saturated rings. The number of hydrogen-bond acceptors (Lipinski definition) is 4. The number of rotatable bonds is 2. The molecule has 0 aromatic carbocycles. The molecule has 0 aliphatic carbocycles. The standard InChI is InChI=1S/C16H24N6O/c1-9-7-22(8-10(2)17-9)16(23)14-6-13(18-19-14)15-11(3)20-21(5)12(15)4/h6,9-10,17H,7-8H2,1-5H3,(H,18,19)/t9-,10+. The number of amides is 1. The molecule has 0 spiro atoms. The Kier molecular flexibility index (Phi) is 3.97. The first-order valence-corrected chi connectivity index (χ1v) is 7.98. The summed E-state index contributed by atoms with van der Waals surface area (Å²) in [6.07, 6.45) is 0. The lowest BCUT2D eigenvalue weighted by atomic mass is 10.1. The molecule has 23 heavy (non-hydrogen) atoms. The Morgan fingerprint density at radius 1 is 1.26 bits per heavy atom. The summed E-state index contributed by atoms with van der Waals surface area (Å²) in [5.41, 5.74) is 4.25. The topological polar surface area (TPSA) is 78.8 Å². The monoisotopic (exact) mass is 316 g/mol. The third-order valence-corrected chi connectivity index (χ3v) is 4.42. The Labute approximate surface area is 136 Å². The lowest BCUT2D eigenvalue weighted by molar-refractivity contribution is 0.0668. The van der Waals surface area contributed by atoms with Crippen LogP contribution in [0.3, 0.4) is 0 Å². The zero-order valence-corrected chi connectivity index (χ0v) is 14.3. The Balaban J connectivity index is 1.85. The van der Waals surface area contributed by atoms with E-state index in [2.05, 4.69) is 34.5 Å². The van der Waals surface area contributed by atoms with Crippen LogP contribution in [0.4, 0.5) is 0 Å². The van der Waals surface area contributed by atoms with Crippen LogP contribution in [-0.4, -0.2) is 56.0 Å². The van der Waals surface area contributed by atoms with E-state index in [1.54, 1.807) is 0 Å². The van der Waals surface area contributed by atoms with Crippen LogP contribution in [0.1, 0.15) is 35.7 Å². The van der Waals surface area contributed by atoms with E-state index in [1.165, 1.54) is 0 Å². The summed E-state index contributed by atoms with van der Waals surface area (Å²) in [6, 6.07) is 2.43. The molecule has 3 heterocycles. The predicted octanol–water partition coefficient (Wildman–Crippen LogP) is 1.25. The van der Waals surface area contributed by atoms with Crippen molar-refractivity contribution in [3.63, 3.8) is 0 Å².